The highest BCUT2D eigenvalue weighted by Gasteiger charge is 2.27. The Hall–Kier alpha value is -3.79. The smallest absolute Gasteiger partial charge is 0.280 e. The molecule has 1 aliphatic heterocycles. The maximum atomic E-state index is 14.0. The van der Waals surface area contributed by atoms with Gasteiger partial charge in [0, 0.05) is 43.9 Å². The van der Waals surface area contributed by atoms with Gasteiger partial charge in [0.15, 0.2) is 5.65 Å². The Kier molecular flexibility index (Phi) is 6.21. The van der Waals surface area contributed by atoms with Crippen molar-refractivity contribution in [1.29, 1.82) is 0 Å². The molecule has 0 spiro atoms. The summed E-state index contributed by atoms with van der Waals surface area (Å²) < 4.78 is 55.9. The van der Waals surface area contributed by atoms with E-state index in [1.165, 1.54) is 42.6 Å². The number of amides is 1. The molecule has 0 N–H and O–H groups in total. The number of hydrogen-bond acceptors (Lipinski definition) is 4. The molecule has 0 bridgehead atoms. The van der Waals surface area contributed by atoms with Crippen molar-refractivity contribution in [2.75, 3.05) is 26.2 Å². The van der Waals surface area contributed by atoms with Crippen LogP contribution in [0.1, 0.15) is 28.0 Å². The zero-order valence-corrected chi connectivity index (χ0v) is 18.5. The predicted molar refractivity (Wildman–Crippen MR) is 121 cm³/mol. The molecule has 180 valence electrons. The summed E-state index contributed by atoms with van der Waals surface area (Å²) in [6, 6.07) is 13.1. The highest BCUT2D eigenvalue weighted by atomic mass is 19.3. The van der Waals surface area contributed by atoms with Crippen LogP contribution in [0.5, 0.6) is 0 Å². The minimum absolute atomic E-state index is 0.0147. The fourth-order valence-corrected chi connectivity index (χ4v) is 4.21. The Morgan fingerprint density at radius 1 is 0.971 bits per heavy atom. The van der Waals surface area contributed by atoms with Gasteiger partial charge in [-0.1, -0.05) is 18.2 Å². The van der Waals surface area contributed by atoms with E-state index in [-0.39, 0.29) is 28.6 Å². The van der Waals surface area contributed by atoms with E-state index in [0.717, 1.165) is 4.52 Å². The molecule has 0 radical (unpaired) electrons. The molecule has 6 nitrogen and oxygen atoms in total. The van der Waals surface area contributed by atoms with Crippen LogP contribution in [-0.2, 0) is 6.54 Å². The number of fused-ring (bicyclic) bond motifs is 1. The SMILES string of the molecule is O=C(c1cnn2c(C(F)F)cc(-c3ccc(F)cc3)nc12)N1CCN(Cc2ccccc2F)CC1. The normalized spacial score (nSPS) is 14.7. The highest BCUT2D eigenvalue weighted by molar-refractivity contribution is 6.00. The molecule has 10 heteroatoms. The molecule has 4 aromatic rings. The number of nitrogens with zero attached hydrogens (tertiary/aromatic N) is 5. The Bertz CT molecular complexity index is 1360. The fourth-order valence-electron chi connectivity index (χ4n) is 4.21. The second-order valence-electron chi connectivity index (χ2n) is 8.33. The van der Waals surface area contributed by atoms with Gasteiger partial charge in [0.1, 0.15) is 22.9 Å². The molecule has 2 aromatic carbocycles. The van der Waals surface area contributed by atoms with Crippen LogP contribution < -0.4 is 0 Å². The largest absolute Gasteiger partial charge is 0.336 e. The molecule has 35 heavy (non-hydrogen) atoms. The molecule has 1 saturated heterocycles. The predicted octanol–water partition coefficient (Wildman–Crippen LogP) is 4.57. The van der Waals surface area contributed by atoms with Crippen LogP contribution in [0.4, 0.5) is 17.6 Å². The first-order chi connectivity index (χ1) is 16.9. The van der Waals surface area contributed by atoms with Gasteiger partial charge in [0.2, 0.25) is 0 Å². The van der Waals surface area contributed by atoms with Crippen molar-refractivity contribution in [3.8, 4) is 11.3 Å². The molecular weight excluding hydrogens is 462 g/mol. The average Bonchev–Trinajstić information content (AvgIpc) is 3.29. The molecule has 0 saturated carbocycles. The van der Waals surface area contributed by atoms with Crippen molar-refractivity contribution in [3.63, 3.8) is 0 Å². The zero-order valence-electron chi connectivity index (χ0n) is 18.5. The van der Waals surface area contributed by atoms with Crippen LogP contribution in [-0.4, -0.2) is 56.5 Å². The number of halogens is 4. The lowest BCUT2D eigenvalue weighted by molar-refractivity contribution is 0.0628. The molecule has 1 fully saturated rings. The Balaban J connectivity index is 1.39. The Morgan fingerprint density at radius 3 is 2.37 bits per heavy atom. The van der Waals surface area contributed by atoms with Gasteiger partial charge < -0.3 is 4.90 Å². The van der Waals surface area contributed by atoms with E-state index < -0.39 is 17.9 Å². The van der Waals surface area contributed by atoms with E-state index in [1.54, 1.807) is 23.1 Å². The molecule has 0 unspecified atom stereocenters. The summed E-state index contributed by atoms with van der Waals surface area (Å²) in [5.41, 5.74) is 0.934. The van der Waals surface area contributed by atoms with Gasteiger partial charge in [0.05, 0.1) is 11.9 Å². The van der Waals surface area contributed by atoms with E-state index in [0.29, 0.717) is 43.9 Å². The van der Waals surface area contributed by atoms with Crippen molar-refractivity contribution >= 4 is 11.6 Å². The van der Waals surface area contributed by atoms with E-state index in [1.807, 2.05) is 0 Å². The molecule has 1 aliphatic rings. The van der Waals surface area contributed by atoms with Crippen molar-refractivity contribution in [2.24, 2.45) is 0 Å². The highest BCUT2D eigenvalue weighted by Crippen LogP contribution is 2.27. The molecule has 0 atom stereocenters. The quantitative estimate of drug-likeness (QED) is 0.391. The van der Waals surface area contributed by atoms with Gasteiger partial charge in [-0.2, -0.15) is 5.10 Å². The van der Waals surface area contributed by atoms with Gasteiger partial charge in [-0.25, -0.2) is 27.1 Å². The Morgan fingerprint density at radius 2 is 1.69 bits per heavy atom. The second kappa shape index (κ2) is 9.46. The summed E-state index contributed by atoms with van der Waals surface area (Å²) in [5.74, 6) is -1.09. The third kappa shape index (κ3) is 4.61. The fraction of sp³-hybridized carbons (Fsp3) is 0.240. The van der Waals surface area contributed by atoms with E-state index >= 15 is 0 Å². The molecule has 2 aromatic heterocycles. The first kappa shape index (κ1) is 23.0. The van der Waals surface area contributed by atoms with Crippen LogP contribution in [0, 0.1) is 11.6 Å². The van der Waals surface area contributed by atoms with Crippen LogP contribution in [0.15, 0.2) is 60.8 Å². The lowest BCUT2D eigenvalue weighted by Gasteiger charge is -2.34. The number of benzene rings is 2. The minimum atomic E-state index is -2.86. The van der Waals surface area contributed by atoms with Crippen molar-refractivity contribution < 1.29 is 22.4 Å². The summed E-state index contributed by atoms with van der Waals surface area (Å²) in [7, 11) is 0. The maximum absolute atomic E-state index is 14.0. The van der Waals surface area contributed by atoms with Crippen LogP contribution in [0.3, 0.4) is 0 Å². The maximum Gasteiger partial charge on any atom is 0.280 e. The number of aromatic nitrogens is 3. The number of piperazine rings is 1. The van der Waals surface area contributed by atoms with Gasteiger partial charge in [0.25, 0.3) is 12.3 Å². The van der Waals surface area contributed by atoms with Crippen molar-refractivity contribution in [3.05, 3.63) is 89.2 Å². The first-order valence-corrected chi connectivity index (χ1v) is 11.1. The monoisotopic (exact) mass is 483 g/mol. The number of carbonyl (C=O) groups is 1. The molecule has 1 amide bonds. The second-order valence-corrected chi connectivity index (χ2v) is 8.33. The lowest BCUT2D eigenvalue weighted by Crippen LogP contribution is -2.48. The lowest BCUT2D eigenvalue weighted by atomic mass is 10.1. The topological polar surface area (TPSA) is 53.7 Å². The first-order valence-electron chi connectivity index (χ1n) is 11.1. The number of rotatable bonds is 5. The van der Waals surface area contributed by atoms with Crippen molar-refractivity contribution in [2.45, 2.75) is 13.0 Å². The minimum Gasteiger partial charge on any atom is -0.336 e. The summed E-state index contributed by atoms with van der Waals surface area (Å²) in [6.07, 6.45) is -1.61. The van der Waals surface area contributed by atoms with Crippen LogP contribution in [0.25, 0.3) is 16.9 Å². The third-order valence-corrected chi connectivity index (χ3v) is 6.10. The van der Waals surface area contributed by atoms with Crippen LogP contribution >= 0.6 is 0 Å². The number of alkyl halides is 2. The van der Waals surface area contributed by atoms with Crippen LogP contribution in [0.2, 0.25) is 0 Å². The van der Waals surface area contributed by atoms with E-state index in [4.69, 9.17) is 0 Å². The molecular formula is C25H21F4N5O. The van der Waals surface area contributed by atoms with Gasteiger partial charge in [-0.05, 0) is 36.4 Å². The number of carbonyl (C=O) groups excluding carboxylic acids is 1. The summed E-state index contributed by atoms with van der Waals surface area (Å²) >= 11 is 0. The average molecular weight is 483 g/mol. The summed E-state index contributed by atoms with van der Waals surface area (Å²) in [5, 5.41) is 4.00. The van der Waals surface area contributed by atoms with Gasteiger partial charge in [-0.3, -0.25) is 9.69 Å². The standard InChI is InChI=1S/C25H21F4N5O/c26-18-7-5-16(6-8-18)21-13-22(23(28)29)34-24(31-21)19(14-30-34)25(35)33-11-9-32(10-12-33)15-17-3-1-2-4-20(17)27/h1-8,13-14,23H,9-12,15H2. The zero-order chi connectivity index (χ0) is 24.5. The van der Waals surface area contributed by atoms with Gasteiger partial charge >= 0.3 is 0 Å². The molecule has 3 heterocycles. The molecule has 0 aliphatic carbocycles. The summed E-state index contributed by atoms with van der Waals surface area (Å²) in [6.45, 7) is 2.30. The Labute approximate surface area is 198 Å². The molecule has 5 rings (SSSR count). The van der Waals surface area contributed by atoms with Crippen molar-refractivity contribution in [1.82, 2.24) is 24.4 Å². The van der Waals surface area contributed by atoms with E-state index in [2.05, 4.69) is 15.0 Å². The number of hydrogen-bond donors (Lipinski definition) is 0. The third-order valence-electron chi connectivity index (χ3n) is 6.10. The summed E-state index contributed by atoms with van der Waals surface area (Å²) in [4.78, 5) is 21.4. The van der Waals surface area contributed by atoms with Gasteiger partial charge in [-0.15, -0.1) is 0 Å². The van der Waals surface area contributed by atoms with E-state index in [9.17, 15) is 22.4 Å².